The number of aromatic nitrogens is 2. The second-order valence-corrected chi connectivity index (χ2v) is 6.69. The van der Waals surface area contributed by atoms with Crippen molar-refractivity contribution in [1.82, 2.24) is 9.55 Å². The summed E-state index contributed by atoms with van der Waals surface area (Å²) in [6, 6.07) is 10.4. The van der Waals surface area contributed by atoms with Crippen LogP contribution in [0.4, 0.5) is 0 Å². The van der Waals surface area contributed by atoms with Gasteiger partial charge >= 0.3 is 0 Å². The number of rotatable bonds is 3. The van der Waals surface area contributed by atoms with E-state index in [4.69, 9.17) is 0 Å². The topological polar surface area (TPSA) is 34.9 Å². The van der Waals surface area contributed by atoms with Gasteiger partial charge in [-0.2, -0.15) is 0 Å². The number of carbonyl (C=O) groups excluding carboxylic acids is 1. The van der Waals surface area contributed by atoms with E-state index in [0.29, 0.717) is 12.1 Å². The molecule has 0 saturated carbocycles. The molecule has 1 aliphatic rings. The van der Waals surface area contributed by atoms with Crippen molar-refractivity contribution in [2.24, 2.45) is 5.41 Å². The van der Waals surface area contributed by atoms with E-state index in [0.717, 1.165) is 30.9 Å². The molecule has 3 heteroatoms. The summed E-state index contributed by atoms with van der Waals surface area (Å²) in [6.45, 7) is 7.24. The lowest BCUT2D eigenvalue weighted by Crippen LogP contribution is -2.28. The van der Waals surface area contributed by atoms with Crippen LogP contribution < -0.4 is 0 Å². The molecule has 2 aromatic rings. The van der Waals surface area contributed by atoms with E-state index in [2.05, 4.69) is 54.6 Å². The molecule has 0 amide bonds. The Morgan fingerprint density at radius 1 is 1.19 bits per heavy atom. The Hall–Kier alpha value is -1.90. The summed E-state index contributed by atoms with van der Waals surface area (Å²) < 4.78 is 2.25. The van der Waals surface area contributed by atoms with Crippen LogP contribution in [0.15, 0.2) is 30.3 Å². The first-order valence-electron chi connectivity index (χ1n) is 7.65. The number of fused-ring (bicyclic) bond motifs is 1. The van der Waals surface area contributed by atoms with Gasteiger partial charge in [-0.3, -0.25) is 4.79 Å². The maximum Gasteiger partial charge on any atom is 0.183 e. The molecule has 0 unspecified atom stereocenters. The summed E-state index contributed by atoms with van der Waals surface area (Å²) in [5.74, 6) is 1.22. The first-order chi connectivity index (χ1) is 10.00. The quantitative estimate of drug-likeness (QED) is 0.861. The zero-order valence-corrected chi connectivity index (χ0v) is 13.0. The molecule has 1 aliphatic carbocycles. The smallest absolute Gasteiger partial charge is 0.183 e. The van der Waals surface area contributed by atoms with Gasteiger partial charge in [0, 0.05) is 25.1 Å². The Kier molecular flexibility index (Phi) is 3.44. The zero-order chi connectivity index (χ0) is 15.0. The Bertz CT molecular complexity index is 668. The fraction of sp³-hybridized carbons (Fsp3) is 0.444. The van der Waals surface area contributed by atoms with Crippen molar-refractivity contribution in [2.75, 3.05) is 0 Å². The lowest BCUT2D eigenvalue weighted by molar-refractivity contribution is 0.0905. The first kappa shape index (κ1) is 14.1. The van der Waals surface area contributed by atoms with Crippen LogP contribution in [0, 0.1) is 5.41 Å². The minimum Gasteiger partial charge on any atom is -0.327 e. The highest BCUT2D eigenvalue weighted by Gasteiger charge is 2.35. The second kappa shape index (κ2) is 5.14. The number of ketones is 1. The van der Waals surface area contributed by atoms with E-state index in [1.54, 1.807) is 0 Å². The lowest BCUT2D eigenvalue weighted by atomic mass is 9.77. The van der Waals surface area contributed by atoms with Crippen molar-refractivity contribution in [3.63, 3.8) is 0 Å². The molecule has 0 radical (unpaired) electrons. The van der Waals surface area contributed by atoms with Crippen molar-refractivity contribution >= 4 is 5.78 Å². The Balaban J connectivity index is 2.06. The third kappa shape index (κ3) is 2.65. The predicted octanol–water partition coefficient (Wildman–Crippen LogP) is 3.65. The van der Waals surface area contributed by atoms with Gasteiger partial charge in [-0.05, 0) is 17.4 Å². The SMILES string of the molecule is CCc1nc2c(n1Cc1ccccc1)CC(C)(C)CC2=O. The van der Waals surface area contributed by atoms with Crippen LogP contribution >= 0.6 is 0 Å². The highest BCUT2D eigenvalue weighted by molar-refractivity contribution is 5.97. The van der Waals surface area contributed by atoms with Gasteiger partial charge in [0.1, 0.15) is 11.5 Å². The van der Waals surface area contributed by atoms with Gasteiger partial charge in [0.2, 0.25) is 0 Å². The fourth-order valence-electron chi connectivity index (χ4n) is 3.20. The molecule has 1 heterocycles. The van der Waals surface area contributed by atoms with Crippen LogP contribution in [-0.2, 0) is 19.4 Å². The van der Waals surface area contributed by atoms with Crippen LogP contribution in [-0.4, -0.2) is 15.3 Å². The van der Waals surface area contributed by atoms with Crippen LogP contribution in [0.3, 0.4) is 0 Å². The first-order valence-corrected chi connectivity index (χ1v) is 7.65. The average Bonchev–Trinajstić information content (AvgIpc) is 2.77. The maximum absolute atomic E-state index is 12.4. The largest absolute Gasteiger partial charge is 0.327 e. The number of nitrogens with zero attached hydrogens (tertiary/aromatic N) is 2. The molecule has 0 bridgehead atoms. The Labute approximate surface area is 126 Å². The predicted molar refractivity (Wildman–Crippen MR) is 83.6 cm³/mol. The van der Waals surface area contributed by atoms with Crippen LogP contribution in [0.1, 0.15) is 54.8 Å². The molecule has 1 aromatic carbocycles. The van der Waals surface area contributed by atoms with Gasteiger partial charge in [0.25, 0.3) is 0 Å². The van der Waals surface area contributed by atoms with E-state index in [9.17, 15) is 4.79 Å². The monoisotopic (exact) mass is 282 g/mol. The lowest BCUT2D eigenvalue weighted by Gasteiger charge is -2.29. The number of Topliss-reactive ketones (excluding diaryl/α,β-unsaturated/α-hetero) is 1. The zero-order valence-electron chi connectivity index (χ0n) is 13.0. The Morgan fingerprint density at radius 3 is 2.57 bits per heavy atom. The average molecular weight is 282 g/mol. The van der Waals surface area contributed by atoms with Crippen molar-refractivity contribution in [2.45, 2.75) is 46.6 Å². The van der Waals surface area contributed by atoms with Crippen LogP contribution in [0.25, 0.3) is 0 Å². The molecule has 0 aliphatic heterocycles. The molecule has 0 fully saturated rings. The molecular weight excluding hydrogens is 260 g/mol. The minimum atomic E-state index is 0.0313. The standard InChI is InChI=1S/C18H22N2O/c1-4-16-19-17-14(10-18(2,3)11-15(17)21)20(16)12-13-8-6-5-7-9-13/h5-9H,4,10-12H2,1-3H3. The van der Waals surface area contributed by atoms with Gasteiger partial charge < -0.3 is 4.57 Å². The highest BCUT2D eigenvalue weighted by atomic mass is 16.1. The van der Waals surface area contributed by atoms with Gasteiger partial charge in [-0.1, -0.05) is 51.1 Å². The molecule has 3 rings (SSSR count). The van der Waals surface area contributed by atoms with Crippen LogP contribution in [0.5, 0.6) is 0 Å². The molecule has 21 heavy (non-hydrogen) atoms. The molecular formula is C18H22N2O. The van der Waals surface area contributed by atoms with E-state index in [1.165, 1.54) is 5.56 Å². The van der Waals surface area contributed by atoms with Gasteiger partial charge in [0.15, 0.2) is 5.78 Å². The van der Waals surface area contributed by atoms with Crippen molar-refractivity contribution < 1.29 is 4.79 Å². The third-order valence-corrected chi connectivity index (χ3v) is 4.20. The summed E-state index contributed by atoms with van der Waals surface area (Å²) in [5, 5.41) is 0. The molecule has 3 nitrogen and oxygen atoms in total. The Morgan fingerprint density at radius 2 is 1.90 bits per heavy atom. The molecule has 0 spiro atoms. The normalized spacial score (nSPS) is 16.8. The molecule has 0 saturated heterocycles. The van der Waals surface area contributed by atoms with Crippen LogP contribution in [0.2, 0.25) is 0 Å². The van der Waals surface area contributed by atoms with E-state index in [-0.39, 0.29) is 11.2 Å². The maximum atomic E-state index is 12.4. The van der Waals surface area contributed by atoms with E-state index >= 15 is 0 Å². The number of aryl methyl sites for hydroxylation is 1. The van der Waals surface area contributed by atoms with E-state index < -0.39 is 0 Å². The summed E-state index contributed by atoms with van der Waals surface area (Å²) in [5.41, 5.74) is 3.12. The number of benzene rings is 1. The fourth-order valence-corrected chi connectivity index (χ4v) is 3.20. The third-order valence-electron chi connectivity index (χ3n) is 4.20. The van der Waals surface area contributed by atoms with Gasteiger partial charge in [0.05, 0.1) is 0 Å². The minimum absolute atomic E-state index is 0.0313. The summed E-state index contributed by atoms with van der Waals surface area (Å²) in [6.07, 6.45) is 2.38. The highest BCUT2D eigenvalue weighted by Crippen LogP contribution is 2.35. The summed E-state index contributed by atoms with van der Waals surface area (Å²) in [7, 11) is 0. The summed E-state index contributed by atoms with van der Waals surface area (Å²) in [4.78, 5) is 17.0. The number of hydrogen-bond donors (Lipinski definition) is 0. The van der Waals surface area contributed by atoms with Crippen molar-refractivity contribution in [3.05, 3.63) is 53.1 Å². The molecule has 0 atom stereocenters. The van der Waals surface area contributed by atoms with Gasteiger partial charge in [-0.15, -0.1) is 0 Å². The molecule has 0 N–H and O–H groups in total. The number of carbonyl (C=O) groups is 1. The second-order valence-electron chi connectivity index (χ2n) is 6.69. The molecule has 110 valence electrons. The summed E-state index contributed by atoms with van der Waals surface area (Å²) >= 11 is 0. The van der Waals surface area contributed by atoms with Crippen molar-refractivity contribution in [3.8, 4) is 0 Å². The van der Waals surface area contributed by atoms with Crippen molar-refractivity contribution in [1.29, 1.82) is 0 Å². The number of imidazole rings is 1. The van der Waals surface area contributed by atoms with Gasteiger partial charge in [-0.25, -0.2) is 4.98 Å². The van der Waals surface area contributed by atoms with E-state index in [1.807, 2.05) is 6.07 Å². The number of hydrogen-bond acceptors (Lipinski definition) is 2. The molecule has 1 aromatic heterocycles.